The Morgan fingerprint density at radius 3 is 2.80 bits per heavy atom. The number of aryl methyl sites for hydroxylation is 1. The molecule has 86 valence electrons. The number of ether oxygens (including phenoxy) is 1. The number of hydrogen-bond acceptors (Lipinski definition) is 3. The van der Waals surface area contributed by atoms with Crippen molar-refractivity contribution in [3.05, 3.63) is 11.9 Å². The summed E-state index contributed by atoms with van der Waals surface area (Å²) in [5.74, 6) is 0.820. The van der Waals surface area contributed by atoms with E-state index in [2.05, 4.69) is 5.10 Å². The minimum absolute atomic E-state index is 0.227. The first-order valence-electron chi connectivity index (χ1n) is 5.49. The van der Waals surface area contributed by atoms with Crippen LogP contribution in [-0.4, -0.2) is 28.1 Å². The summed E-state index contributed by atoms with van der Waals surface area (Å²) < 4.78 is 7.15. The Morgan fingerprint density at radius 1 is 1.53 bits per heavy atom. The molecule has 1 rings (SSSR count). The van der Waals surface area contributed by atoms with Crippen LogP contribution in [-0.2, 0) is 13.0 Å². The lowest BCUT2D eigenvalue weighted by Crippen LogP contribution is -2.10. The number of aliphatic hydroxyl groups excluding tert-OH is 1. The molecule has 1 unspecified atom stereocenters. The molecule has 0 radical (unpaired) electrons. The summed E-state index contributed by atoms with van der Waals surface area (Å²) in [5.41, 5.74) is 1.08. The fraction of sp³-hybridized carbons (Fsp3) is 0.727. The molecule has 1 aromatic rings. The minimum Gasteiger partial charge on any atom is -0.493 e. The predicted molar refractivity (Wildman–Crippen MR) is 59.1 cm³/mol. The molecule has 0 saturated heterocycles. The van der Waals surface area contributed by atoms with Gasteiger partial charge in [0.25, 0.3) is 0 Å². The van der Waals surface area contributed by atoms with Crippen molar-refractivity contribution < 1.29 is 9.84 Å². The molecule has 1 N–H and O–H groups in total. The zero-order valence-electron chi connectivity index (χ0n) is 9.73. The van der Waals surface area contributed by atoms with Crippen LogP contribution in [0.25, 0.3) is 0 Å². The first kappa shape index (κ1) is 12.0. The van der Waals surface area contributed by atoms with Gasteiger partial charge in [0.05, 0.1) is 25.1 Å². The quantitative estimate of drug-likeness (QED) is 0.779. The summed E-state index contributed by atoms with van der Waals surface area (Å²) in [4.78, 5) is 0. The average Bonchev–Trinajstić information content (AvgIpc) is 2.67. The fourth-order valence-corrected chi connectivity index (χ4v) is 1.60. The van der Waals surface area contributed by atoms with Gasteiger partial charge < -0.3 is 9.84 Å². The van der Waals surface area contributed by atoms with E-state index in [0.717, 1.165) is 37.3 Å². The van der Waals surface area contributed by atoms with E-state index in [9.17, 15) is 5.11 Å². The maximum Gasteiger partial charge on any atom is 0.159 e. The van der Waals surface area contributed by atoms with Crippen LogP contribution in [0.1, 0.15) is 32.4 Å². The van der Waals surface area contributed by atoms with Crippen LogP contribution in [0.4, 0.5) is 0 Å². The predicted octanol–water partition coefficient (Wildman–Crippen LogP) is 1.62. The highest BCUT2D eigenvalue weighted by Crippen LogP contribution is 2.20. The van der Waals surface area contributed by atoms with Gasteiger partial charge in [0, 0.05) is 6.54 Å². The van der Waals surface area contributed by atoms with Gasteiger partial charge in [-0.1, -0.05) is 6.92 Å². The van der Waals surface area contributed by atoms with Crippen molar-refractivity contribution in [3.8, 4) is 5.75 Å². The number of nitrogens with zero attached hydrogens (tertiary/aromatic N) is 2. The van der Waals surface area contributed by atoms with Gasteiger partial charge in [0.1, 0.15) is 0 Å². The Morgan fingerprint density at radius 2 is 2.27 bits per heavy atom. The number of methoxy groups -OCH3 is 1. The molecule has 0 amide bonds. The Labute approximate surface area is 90.9 Å². The van der Waals surface area contributed by atoms with Crippen LogP contribution in [0.3, 0.4) is 0 Å². The van der Waals surface area contributed by atoms with E-state index in [1.54, 1.807) is 13.3 Å². The molecule has 1 aromatic heterocycles. The van der Waals surface area contributed by atoms with Gasteiger partial charge in [0.2, 0.25) is 0 Å². The lowest BCUT2D eigenvalue weighted by Gasteiger charge is -2.10. The first-order chi connectivity index (χ1) is 7.22. The van der Waals surface area contributed by atoms with Gasteiger partial charge in [-0.15, -0.1) is 0 Å². The van der Waals surface area contributed by atoms with Gasteiger partial charge >= 0.3 is 0 Å². The first-order valence-corrected chi connectivity index (χ1v) is 5.49. The van der Waals surface area contributed by atoms with E-state index in [1.807, 2.05) is 18.5 Å². The lowest BCUT2D eigenvalue weighted by atomic mass is 10.1. The van der Waals surface area contributed by atoms with E-state index in [-0.39, 0.29) is 6.10 Å². The zero-order valence-corrected chi connectivity index (χ0v) is 9.73. The second-order valence-electron chi connectivity index (χ2n) is 3.58. The maximum atomic E-state index is 9.51. The van der Waals surface area contributed by atoms with E-state index in [0.29, 0.717) is 0 Å². The number of aromatic nitrogens is 2. The molecule has 0 aliphatic rings. The van der Waals surface area contributed by atoms with Crippen molar-refractivity contribution in [2.75, 3.05) is 7.11 Å². The smallest absolute Gasteiger partial charge is 0.159 e. The van der Waals surface area contributed by atoms with E-state index >= 15 is 0 Å². The van der Waals surface area contributed by atoms with Crippen LogP contribution < -0.4 is 4.74 Å². The topological polar surface area (TPSA) is 47.3 Å². The molecular formula is C11H20N2O2. The van der Waals surface area contributed by atoms with Crippen molar-refractivity contribution in [2.45, 2.75) is 45.8 Å². The molecule has 1 atom stereocenters. The fourth-order valence-electron chi connectivity index (χ4n) is 1.60. The molecule has 1 heterocycles. The Hall–Kier alpha value is -1.03. The van der Waals surface area contributed by atoms with Crippen LogP contribution in [0.15, 0.2) is 6.20 Å². The molecule has 0 spiro atoms. The van der Waals surface area contributed by atoms with Gasteiger partial charge in [-0.3, -0.25) is 4.68 Å². The van der Waals surface area contributed by atoms with Crippen molar-refractivity contribution >= 4 is 0 Å². The summed E-state index contributed by atoms with van der Waals surface area (Å²) in [7, 11) is 1.65. The third-order valence-corrected chi connectivity index (χ3v) is 2.62. The Balaban J connectivity index is 2.68. The van der Waals surface area contributed by atoms with Crippen molar-refractivity contribution in [1.29, 1.82) is 0 Å². The minimum atomic E-state index is -0.227. The van der Waals surface area contributed by atoms with Crippen LogP contribution in [0, 0.1) is 0 Å². The molecule has 0 fully saturated rings. The van der Waals surface area contributed by atoms with Gasteiger partial charge in [0.15, 0.2) is 5.75 Å². The number of hydrogen-bond donors (Lipinski definition) is 1. The normalized spacial score (nSPS) is 12.8. The second-order valence-corrected chi connectivity index (χ2v) is 3.58. The largest absolute Gasteiger partial charge is 0.493 e. The van der Waals surface area contributed by atoms with E-state index < -0.39 is 0 Å². The zero-order chi connectivity index (χ0) is 11.3. The molecule has 15 heavy (non-hydrogen) atoms. The average molecular weight is 212 g/mol. The molecule has 0 saturated carbocycles. The molecular weight excluding hydrogens is 192 g/mol. The highest BCUT2D eigenvalue weighted by Gasteiger charge is 2.11. The summed E-state index contributed by atoms with van der Waals surface area (Å²) in [6, 6.07) is 0. The Bertz CT molecular complexity index is 275. The SMILES string of the molecule is CCC(O)CCc1c(OC)cnn1CC. The van der Waals surface area contributed by atoms with Crippen molar-refractivity contribution in [2.24, 2.45) is 0 Å². The molecule has 0 aliphatic carbocycles. The van der Waals surface area contributed by atoms with Gasteiger partial charge in [-0.05, 0) is 26.2 Å². The highest BCUT2D eigenvalue weighted by molar-refractivity contribution is 5.25. The molecule has 4 heteroatoms. The molecule has 0 aromatic carbocycles. The lowest BCUT2D eigenvalue weighted by molar-refractivity contribution is 0.159. The van der Waals surface area contributed by atoms with Crippen molar-refractivity contribution in [3.63, 3.8) is 0 Å². The molecule has 0 aliphatic heterocycles. The van der Waals surface area contributed by atoms with Gasteiger partial charge in [-0.2, -0.15) is 5.10 Å². The summed E-state index contributed by atoms with van der Waals surface area (Å²) in [5, 5.41) is 13.7. The summed E-state index contributed by atoms with van der Waals surface area (Å²) in [6.07, 6.45) is 3.87. The monoisotopic (exact) mass is 212 g/mol. The molecule has 0 bridgehead atoms. The van der Waals surface area contributed by atoms with Crippen LogP contribution in [0.5, 0.6) is 5.75 Å². The van der Waals surface area contributed by atoms with E-state index in [4.69, 9.17) is 4.74 Å². The molecule has 4 nitrogen and oxygen atoms in total. The highest BCUT2D eigenvalue weighted by atomic mass is 16.5. The standard InChI is InChI=1S/C11H20N2O2/c1-4-9(14)6-7-10-11(15-3)8-12-13(10)5-2/h8-9,14H,4-7H2,1-3H3. The summed E-state index contributed by atoms with van der Waals surface area (Å²) >= 11 is 0. The van der Waals surface area contributed by atoms with Crippen LogP contribution >= 0.6 is 0 Å². The van der Waals surface area contributed by atoms with E-state index in [1.165, 1.54) is 0 Å². The third kappa shape index (κ3) is 2.96. The second kappa shape index (κ2) is 5.75. The maximum absolute atomic E-state index is 9.51. The summed E-state index contributed by atoms with van der Waals surface area (Å²) in [6.45, 7) is 4.87. The van der Waals surface area contributed by atoms with Crippen molar-refractivity contribution in [1.82, 2.24) is 9.78 Å². The van der Waals surface area contributed by atoms with Crippen LogP contribution in [0.2, 0.25) is 0 Å². The Kier molecular flexibility index (Phi) is 4.62. The number of aliphatic hydroxyl groups is 1. The third-order valence-electron chi connectivity index (χ3n) is 2.62. The number of rotatable bonds is 6. The van der Waals surface area contributed by atoms with Gasteiger partial charge in [-0.25, -0.2) is 0 Å².